The highest BCUT2D eigenvalue weighted by Gasteiger charge is 2.20. The maximum absolute atomic E-state index is 15.0. The summed E-state index contributed by atoms with van der Waals surface area (Å²) in [5.41, 5.74) is 6.11. The van der Waals surface area contributed by atoms with Crippen molar-refractivity contribution in [3.8, 4) is 20.9 Å². The largest absolute Gasteiger partial charge is 0.260 e. The predicted octanol–water partition coefficient (Wildman–Crippen LogP) is 4.12. The molecule has 10 rings (SSSR count). The number of rotatable bonds is 10. The second kappa shape index (κ2) is 22.0. The minimum atomic E-state index is -0.232. The second-order valence-electron chi connectivity index (χ2n) is 15.6. The number of aryl methyl sites for hydroxylation is 3. The highest BCUT2D eigenvalue weighted by Crippen LogP contribution is 2.27. The van der Waals surface area contributed by atoms with E-state index in [1.54, 1.807) is 55.1 Å². The van der Waals surface area contributed by atoms with Crippen LogP contribution >= 0.6 is 22.7 Å². The molecule has 0 fully saturated rings. The van der Waals surface area contributed by atoms with E-state index in [0.717, 1.165) is 93.5 Å². The van der Waals surface area contributed by atoms with Crippen molar-refractivity contribution in [1.82, 2.24) is 0 Å². The molecule has 332 valence electrons. The lowest BCUT2D eigenvalue weighted by atomic mass is 9.72. The summed E-state index contributed by atoms with van der Waals surface area (Å²) in [5, 5.41) is 6.38. The van der Waals surface area contributed by atoms with Gasteiger partial charge in [0.2, 0.25) is 0 Å². The molecule has 6 heterocycles. The first kappa shape index (κ1) is 48.6. The van der Waals surface area contributed by atoms with E-state index < -0.39 is 0 Å². The molecule has 4 aliphatic rings. The standard InChI is InChI=1S/C17H13B2FN2S2.C12H15BFN2.C10H11BFN2.C9H9FN2/c1-18-13-5-3-11(23-13)9-7-10(20)15(17-16(9)21-8-22-17)12-4-6-14(19-2)24-12;1-3-4-8-5-10(14)9(6-13-2)12-11(8)15-7-16-12;1-3-6-4-7(12)8(11-2)10-9(6)13-5-14-10;1-5-3-7(10)6(2)9-8(5)11-4-12-9/h3-7H,8H2,1-2H3;5H,3-4,6-7H2,1-2H3;4H,3,5H2,1-2H3;3H,4H2,1-2H3. The van der Waals surface area contributed by atoms with Crippen LogP contribution in [0.5, 0.6) is 0 Å². The monoisotopic (exact) mass is 920 g/mol. The smallest absolute Gasteiger partial charge is 0.162 e. The molecule has 4 aromatic carbocycles. The summed E-state index contributed by atoms with van der Waals surface area (Å²) in [5.74, 6) is -0.748. The van der Waals surface area contributed by atoms with Crippen molar-refractivity contribution in [2.75, 3.05) is 26.7 Å². The molecule has 4 aliphatic heterocycles. The van der Waals surface area contributed by atoms with Gasteiger partial charge in [0.05, 0.1) is 48.4 Å². The number of hydrogen-bond acceptors (Lipinski definition) is 10. The van der Waals surface area contributed by atoms with E-state index in [9.17, 15) is 17.6 Å². The molecule has 6 aromatic rings. The van der Waals surface area contributed by atoms with Crippen LogP contribution in [0.4, 0.5) is 17.6 Å². The SMILES string of the molecule is C[B]Cc1c(F)cc(CCC)c2c1=NCN=2.C[B]c1c(F)cc(CC)c2c1=NCN=2.C[B]c1ccc(-c2cc(F)c(-c3ccc([B]C)s3)c3c2=NCN=3)s1.Cc1cc(F)c(C)c2c1=NCN=2. The number of halogens is 4. The zero-order valence-electron chi connectivity index (χ0n) is 38.5. The number of hydrogen-bond donors (Lipinski definition) is 0. The zero-order valence-corrected chi connectivity index (χ0v) is 40.1. The van der Waals surface area contributed by atoms with Gasteiger partial charge in [-0.05, 0) is 94.8 Å². The maximum atomic E-state index is 15.0. The minimum absolute atomic E-state index is 0.138. The molecule has 0 spiro atoms. The molecule has 8 nitrogen and oxygen atoms in total. The molecule has 0 atom stereocenters. The lowest BCUT2D eigenvalue weighted by Crippen LogP contribution is -2.44. The van der Waals surface area contributed by atoms with E-state index in [1.807, 2.05) is 80.0 Å². The molecule has 4 radical (unpaired) electrons. The minimum Gasteiger partial charge on any atom is -0.260 e. The van der Waals surface area contributed by atoms with Gasteiger partial charge in [-0.15, -0.1) is 0 Å². The molecular formula is C48H48B4F4N8S2. The molecule has 0 N–H and O–H groups in total. The van der Waals surface area contributed by atoms with Crippen molar-refractivity contribution in [3.63, 3.8) is 0 Å². The van der Waals surface area contributed by atoms with Gasteiger partial charge in [-0.25, -0.2) is 17.6 Å². The highest BCUT2D eigenvalue weighted by atomic mass is 32.1. The van der Waals surface area contributed by atoms with Crippen LogP contribution in [-0.2, 0) is 19.2 Å². The molecule has 0 saturated carbocycles. The lowest BCUT2D eigenvalue weighted by Gasteiger charge is -2.05. The molecular weight excluding hydrogens is 872 g/mol. The van der Waals surface area contributed by atoms with Gasteiger partial charge in [0, 0.05) is 26.4 Å². The summed E-state index contributed by atoms with van der Waals surface area (Å²) in [4.78, 5) is 36.3. The topological polar surface area (TPSA) is 98.9 Å². The van der Waals surface area contributed by atoms with Gasteiger partial charge in [-0.1, -0.05) is 66.0 Å². The van der Waals surface area contributed by atoms with Crippen LogP contribution in [0, 0.1) is 37.1 Å². The van der Waals surface area contributed by atoms with E-state index >= 15 is 0 Å². The molecule has 0 bridgehead atoms. The average molecular weight is 920 g/mol. The van der Waals surface area contributed by atoms with E-state index in [1.165, 1.54) is 10.8 Å². The zero-order chi connectivity index (χ0) is 47.1. The normalized spacial score (nSPS) is 12.9. The van der Waals surface area contributed by atoms with E-state index in [2.05, 4.69) is 54.1 Å². The molecule has 0 aliphatic carbocycles. The summed E-state index contributed by atoms with van der Waals surface area (Å²) < 4.78 is 57.8. The summed E-state index contributed by atoms with van der Waals surface area (Å²) >= 11 is 3.22. The summed E-state index contributed by atoms with van der Waals surface area (Å²) in [6, 6.07) is 14.4. The van der Waals surface area contributed by atoms with E-state index in [4.69, 9.17) is 0 Å². The average Bonchev–Trinajstić information content (AvgIpc) is 4.18. The van der Waals surface area contributed by atoms with Crippen LogP contribution in [0.25, 0.3) is 20.9 Å². The Bertz CT molecular complexity index is 3340. The number of thiophene rings is 2. The third kappa shape index (κ3) is 10.1. The Morgan fingerprint density at radius 2 is 1.09 bits per heavy atom. The molecule has 0 amide bonds. The highest BCUT2D eigenvalue weighted by molar-refractivity contribution is 7.24. The van der Waals surface area contributed by atoms with Crippen LogP contribution in [0.3, 0.4) is 0 Å². The van der Waals surface area contributed by atoms with Crippen LogP contribution < -0.4 is 57.9 Å². The lowest BCUT2D eigenvalue weighted by molar-refractivity contribution is 0.609. The fraction of sp³-hybridized carbons (Fsp3) is 0.333. The number of fused-ring (bicyclic) bond motifs is 4. The Kier molecular flexibility index (Phi) is 16.2. The summed E-state index contributed by atoms with van der Waals surface area (Å²) in [6.07, 6.45) is 3.29. The predicted molar refractivity (Wildman–Crippen MR) is 263 cm³/mol. The fourth-order valence-electron chi connectivity index (χ4n) is 8.10. The molecule has 0 unspecified atom stereocenters. The summed E-state index contributed by atoms with van der Waals surface area (Å²) in [7, 11) is 7.77. The number of nitrogens with zero attached hydrogens (tertiary/aromatic N) is 8. The van der Waals surface area contributed by atoms with Crippen molar-refractivity contribution in [3.05, 3.63) is 142 Å². The quantitative estimate of drug-likeness (QED) is 0.146. The maximum Gasteiger partial charge on any atom is 0.162 e. The Hall–Kier alpha value is -5.34. The van der Waals surface area contributed by atoms with Crippen molar-refractivity contribution >= 4 is 66.8 Å². The van der Waals surface area contributed by atoms with Gasteiger partial charge in [-0.2, -0.15) is 22.7 Å². The van der Waals surface area contributed by atoms with Gasteiger partial charge in [0.15, 0.2) is 21.8 Å². The fourth-order valence-corrected chi connectivity index (χ4v) is 9.95. The Morgan fingerprint density at radius 3 is 1.71 bits per heavy atom. The van der Waals surface area contributed by atoms with Crippen LogP contribution in [0.15, 0.2) is 88.5 Å². The number of benzene rings is 4. The van der Waals surface area contributed by atoms with Crippen molar-refractivity contribution < 1.29 is 17.6 Å². The van der Waals surface area contributed by atoms with Crippen LogP contribution in [0.1, 0.15) is 48.1 Å². The van der Waals surface area contributed by atoms with Gasteiger partial charge in [0.1, 0.15) is 57.2 Å². The Morgan fingerprint density at radius 1 is 0.530 bits per heavy atom. The van der Waals surface area contributed by atoms with Gasteiger partial charge in [0.25, 0.3) is 0 Å². The van der Waals surface area contributed by atoms with Crippen LogP contribution in [-0.4, -0.2) is 55.8 Å². The first-order valence-corrected chi connectivity index (χ1v) is 23.7. The van der Waals surface area contributed by atoms with Crippen molar-refractivity contribution in [2.45, 2.75) is 80.6 Å². The van der Waals surface area contributed by atoms with Gasteiger partial charge < -0.3 is 0 Å². The van der Waals surface area contributed by atoms with E-state index in [0.29, 0.717) is 60.5 Å². The van der Waals surface area contributed by atoms with E-state index in [-0.39, 0.29) is 23.3 Å². The first-order valence-electron chi connectivity index (χ1n) is 22.1. The van der Waals surface area contributed by atoms with Crippen molar-refractivity contribution in [1.29, 1.82) is 0 Å². The van der Waals surface area contributed by atoms with Crippen LogP contribution in [0.2, 0.25) is 27.3 Å². The summed E-state index contributed by atoms with van der Waals surface area (Å²) in [6.45, 7) is 17.1. The first-order chi connectivity index (χ1) is 32.0. The second-order valence-corrected chi connectivity index (χ2v) is 17.8. The Balaban J connectivity index is 0.000000136. The van der Waals surface area contributed by atoms with Gasteiger partial charge >= 0.3 is 0 Å². The molecule has 66 heavy (non-hydrogen) atoms. The third-order valence-electron chi connectivity index (χ3n) is 11.4. The Labute approximate surface area is 393 Å². The molecule has 18 heteroatoms. The molecule has 2 aromatic heterocycles. The third-order valence-corrected chi connectivity index (χ3v) is 13.7. The van der Waals surface area contributed by atoms with Crippen molar-refractivity contribution in [2.24, 2.45) is 39.9 Å². The molecule has 0 saturated heterocycles. The van der Waals surface area contributed by atoms with Gasteiger partial charge in [-0.3, -0.25) is 39.9 Å².